The molecule has 114 valence electrons. The van der Waals surface area contributed by atoms with Gasteiger partial charge in [0.15, 0.2) is 5.69 Å². The smallest absolute Gasteiger partial charge is 0.356 e. The van der Waals surface area contributed by atoms with E-state index in [-0.39, 0.29) is 11.1 Å². The molecular weight excluding hydrogens is 302 g/mol. The summed E-state index contributed by atoms with van der Waals surface area (Å²) in [5.74, 6) is -0.494. The summed E-state index contributed by atoms with van der Waals surface area (Å²) >= 11 is 6.10. The van der Waals surface area contributed by atoms with Gasteiger partial charge in [0.25, 0.3) is 0 Å². The van der Waals surface area contributed by atoms with Gasteiger partial charge in [-0.3, -0.25) is 0 Å². The Balaban J connectivity index is 1.72. The number of carboxylic acids is 1. The third kappa shape index (κ3) is 2.90. The predicted molar refractivity (Wildman–Crippen MR) is 84.5 cm³/mol. The van der Waals surface area contributed by atoms with Crippen molar-refractivity contribution in [3.63, 3.8) is 0 Å². The van der Waals surface area contributed by atoms with E-state index in [9.17, 15) is 4.79 Å². The number of anilines is 1. The van der Waals surface area contributed by atoms with Crippen LogP contribution in [0.3, 0.4) is 0 Å². The lowest BCUT2D eigenvalue weighted by Crippen LogP contribution is -2.41. The summed E-state index contributed by atoms with van der Waals surface area (Å²) in [5.41, 5.74) is 1.24. The maximum Gasteiger partial charge on any atom is 0.356 e. The maximum absolute atomic E-state index is 10.8. The number of nitrogens with one attached hydrogen (secondary N) is 1. The molecule has 6 heteroatoms. The quantitative estimate of drug-likeness (QED) is 0.884. The van der Waals surface area contributed by atoms with Gasteiger partial charge in [0, 0.05) is 17.0 Å². The molecule has 22 heavy (non-hydrogen) atoms. The zero-order valence-corrected chi connectivity index (χ0v) is 12.7. The first-order valence-electron chi connectivity index (χ1n) is 7.16. The zero-order valence-electron chi connectivity index (χ0n) is 11.9. The van der Waals surface area contributed by atoms with Gasteiger partial charge >= 0.3 is 5.97 Å². The molecule has 0 radical (unpaired) electrons. The van der Waals surface area contributed by atoms with Crippen LogP contribution in [0.5, 0.6) is 0 Å². The van der Waals surface area contributed by atoms with E-state index in [0.29, 0.717) is 5.82 Å². The van der Waals surface area contributed by atoms with Gasteiger partial charge in [-0.1, -0.05) is 30.2 Å². The highest BCUT2D eigenvalue weighted by atomic mass is 35.5. The Hall–Kier alpha value is -2.14. The molecule has 1 aromatic heterocycles. The topological polar surface area (TPSA) is 75.1 Å². The summed E-state index contributed by atoms with van der Waals surface area (Å²) in [4.78, 5) is 10.8. The Labute approximate surface area is 133 Å². The summed E-state index contributed by atoms with van der Waals surface area (Å²) in [5, 5.41) is 20.4. The molecule has 0 amide bonds. The van der Waals surface area contributed by atoms with Gasteiger partial charge in [-0.15, -0.1) is 10.2 Å². The van der Waals surface area contributed by atoms with Crippen LogP contribution in [0.2, 0.25) is 5.02 Å². The molecule has 1 saturated carbocycles. The number of carbonyl (C=O) groups is 1. The lowest BCUT2D eigenvalue weighted by Gasteiger charge is -2.42. The van der Waals surface area contributed by atoms with Crippen molar-refractivity contribution < 1.29 is 9.90 Å². The minimum atomic E-state index is -1.08. The molecule has 3 rings (SSSR count). The van der Waals surface area contributed by atoms with E-state index in [4.69, 9.17) is 16.7 Å². The Morgan fingerprint density at radius 3 is 2.64 bits per heavy atom. The number of hydrogen-bond donors (Lipinski definition) is 2. The fourth-order valence-corrected chi connectivity index (χ4v) is 2.98. The molecule has 1 heterocycles. The van der Waals surface area contributed by atoms with Crippen LogP contribution in [0.15, 0.2) is 36.4 Å². The van der Waals surface area contributed by atoms with Gasteiger partial charge in [-0.05, 0) is 42.7 Å². The third-order valence-corrected chi connectivity index (χ3v) is 4.47. The van der Waals surface area contributed by atoms with E-state index < -0.39 is 5.97 Å². The molecule has 5 nitrogen and oxygen atoms in total. The van der Waals surface area contributed by atoms with Gasteiger partial charge in [-0.25, -0.2) is 4.79 Å². The summed E-state index contributed by atoms with van der Waals surface area (Å²) < 4.78 is 0. The highest BCUT2D eigenvalue weighted by Crippen LogP contribution is 2.44. The number of nitrogens with zero attached hydrogens (tertiary/aromatic N) is 2. The van der Waals surface area contributed by atoms with Crippen LogP contribution in [-0.2, 0) is 5.41 Å². The van der Waals surface area contributed by atoms with Crippen LogP contribution in [0.4, 0.5) is 5.82 Å². The molecule has 1 aliphatic rings. The minimum Gasteiger partial charge on any atom is -0.476 e. The standard InChI is InChI=1S/C16H16ClN3O2/c17-12-4-1-3-11(9-12)16(7-2-8-16)10-18-14-6-5-13(15(21)22)19-20-14/h1,3-6,9H,2,7-8,10H2,(H,18,20)(H,21,22). The van der Waals surface area contributed by atoms with E-state index >= 15 is 0 Å². The largest absolute Gasteiger partial charge is 0.476 e. The predicted octanol–water partition coefficient (Wildman–Crippen LogP) is 3.36. The minimum absolute atomic E-state index is 0.0567. The average Bonchev–Trinajstić information content (AvgIpc) is 2.47. The molecule has 0 atom stereocenters. The van der Waals surface area contributed by atoms with E-state index in [2.05, 4.69) is 21.6 Å². The van der Waals surface area contributed by atoms with Crippen LogP contribution in [0, 0.1) is 0 Å². The molecule has 1 aliphatic carbocycles. The summed E-state index contributed by atoms with van der Waals surface area (Å²) in [7, 11) is 0. The fraction of sp³-hybridized carbons (Fsp3) is 0.312. The number of benzene rings is 1. The Kier molecular flexibility index (Phi) is 3.98. The molecular formula is C16H16ClN3O2. The SMILES string of the molecule is O=C(O)c1ccc(NCC2(c3cccc(Cl)c3)CCC2)nn1. The van der Waals surface area contributed by atoms with Crippen molar-refractivity contribution in [3.05, 3.63) is 52.7 Å². The van der Waals surface area contributed by atoms with Crippen molar-refractivity contribution in [1.82, 2.24) is 10.2 Å². The van der Waals surface area contributed by atoms with E-state index in [1.807, 2.05) is 18.2 Å². The first kappa shape index (κ1) is 14.8. The lowest BCUT2D eigenvalue weighted by molar-refractivity contribution is 0.0689. The zero-order chi connectivity index (χ0) is 15.6. The third-order valence-electron chi connectivity index (χ3n) is 4.24. The monoisotopic (exact) mass is 317 g/mol. The second kappa shape index (κ2) is 5.93. The number of hydrogen-bond acceptors (Lipinski definition) is 4. The maximum atomic E-state index is 10.8. The molecule has 0 bridgehead atoms. The van der Waals surface area contributed by atoms with Crippen LogP contribution >= 0.6 is 11.6 Å². The summed E-state index contributed by atoms with van der Waals surface area (Å²) in [6, 6.07) is 11.1. The number of aromatic carboxylic acids is 1. The molecule has 2 aromatic rings. The van der Waals surface area contributed by atoms with Crippen LogP contribution in [0.1, 0.15) is 35.3 Å². The van der Waals surface area contributed by atoms with E-state index in [1.54, 1.807) is 6.07 Å². The van der Waals surface area contributed by atoms with Crippen molar-refractivity contribution in [1.29, 1.82) is 0 Å². The van der Waals surface area contributed by atoms with Crippen molar-refractivity contribution in [2.24, 2.45) is 0 Å². The van der Waals surface area contributed by atoms with E-state index in [1.165, 1.54) is 18.1 Å². The highest BCUT2D eigenvalue weighted by molar-refractivity contribution is 6.30. The van der Waals surface area contributed by atoms with Crippen LogP contribution < -0.4 is 5.32 Å². The van der Waals surface area contributed by atoms with Crippen molar-refractivity contribution in [3.8, 4) is 0 Å². The van der Waals surface area contributed by atoms with Gasteiger partial charge in [0.2, 0.25) is 0 Å². The second-order valence-corrected chi connectivity index (χ2v) is 6.04. The van der Waals surface area contributed by atoms with E-state index in [0.717, 1.165) is 24.4 Å². The number of aromatic nitrogens is 2. The fourth-order valence-electron chi connectivity index (χ4n) is 2.79. The second-order valence-electron chi connectivity index (χ2n) is 5.61. The molecule has 1 aromatic carbocycles. The summed E-state index contributed by atoms with van der Waals surface area (Å²) in [6.07, 6.45) is 3.39. The molecule has 0 saturated heterocycles. The van der Waals surface area contributed by atoms with Gasteiger partial charge < -0.3 is 10.4 Å². The van der Waals surface area contributed by atoms with Gasteiger partial charge in [0.1, 0.15) is 5.82 Å². The van der Waals surface area contributed by atoms with Crippen molar-refractivity contribution in [2.45, 2.75) is 24.7 Å². The number of rotatable bonds is 5. The molecule has 0 aliphatic heterocycles. The Morgan fingerprint density at radius 1 is 1.27 bits per heavy atom. The van der Waals surface area contributed by atoms with Crippen molar-refractivity contribution in [2.75, 3.05) is 11.9 Å². The van der Waals surface area contributed by atoms with Crippen LogP contribution in [0.25, 0.3) is 0 Å². The summed E-state index contributed by atoms with van der Waals surface area (Å²) in [6.45, 7) is 0.731. The first-order valence-corrected chi connectivity index (χ1v) is 7.54. The Bertz CT molecular complexity index is 684. The van der Waals surface area contributed by atoms with Gasteiger partial charge in [-0.2, -0.15) is 0 Å². The van der Waals surface area contributed by atoms with Gasteiger partial charge in [0.05, 0.1) is 0 Å². The molecule has 0 unspecified atom stereocenters. The van der Waals surface area contributed by atoms with Crippen LogP contribution in [-0.4, -0.2) is 27.8 Å². The lowest BCUT2D eigenvalue weighted by atomic mass is 9.64. The molecule has 0 spiro atoms. The molecule has 1 fully saturated rings. The first-order chi connectivity index (χ1) is 10.6. The number of halogens is 1. The highest BCUT2D eigenvalue weighted by Gasteiger charge is 2.38. The number of carboxylic acid groups (broad SMARTS) is 1. The Morgan fingerprint density at radius 2 is 2.09 bits per heavy atom. The normalized spacial score (nSPS) is 15.9. The average molecular weight is 318 g/mol. The van der Waals surface area contributed by atoms with Crippen molar-refractivity contribution >= 4 is 23.4 Å². The molecule has 2 N–H and O–H groups in total.